The highest BCUT2D eigenvalue weighted by atomic mass is 32.1. The Kier molecular flexibility index (Phi) is 4.82. The van der Waals surface area contributed by atoms with Crippen molar-refractivity contribution in [3.63, 3.8) is 0 Å². The molecule has 0 saturated carbocycles. The van der Waals surface area contributed by atoms with Crippen molar-refractivity contribution in [2.75, 3.05) is 26.2 Å². The lowest BCUT2D eigenvalue weighted by atomic mass is 9.86. The molecule has 18 heavy (non-hydrogen) atoms. The molecule has 0 bridgehead atoms. The molecule has 0 radical (unpaired) electrons. The highest BCUT2D eigenvalue weighted by Gasteiger charge is 2.27. The van der Waals surface area contributed by atoms with Crippen molar-refractivity contribution in [1.82, 2.24) is 10.2 Å². The predicted molar refractivity (Wildman–Crippen MR) is 80.3 cm³/mol. The molecule has 3 heteroatoms. The Morgan fingerprint density at radius 3 is 2.94 bits per heavy atom. The van der Waals surface area contributed by atoms with Gasteiger partial charge in [-0.25, -0.2) is 0 Å². The summed E-state index contributed by atoms with van der Waals surface area (Å²) in [5.41, 5.74) is 1.84. The van der Waals surface area contributed by atoms with E-state index in [1.165, 1.54) is 38.0 Å². The Balaban J connectivity index is 1.87. The first-order valence-electron chi connectivity index (χ1n) is 7.02. The number of nitrogens with one attached hydrogen (secondary N) is 1. The maximum atomic E-state index is 3.71. The highest BCUT2D eigenvalue weighted by Crippen LogP contribution is 2.21. The zero-order valence-electron chi connectivity index (χ0n) is 11.9. The summed E-state index contributed by atoms with van der Waals surface area (Å²) in [7, 11) is 0. The Morgan fingerprint density at radius 2 is 2.28 bits per heavy atom. The second-order valence-corrected chi connectivity index (χ2v) is 7.19. The maximum absolute atomic E-state index is 3.71. The molecule has 1 N–H and O–H groups in total. The average Bonchev–Trinajstić information content (AvgIpc) is 2.69. The van der Waals surface area contributed by atoms with Crippen LogP contribution >= 0.6 is 11.3 Å². The molecule has 0 aliphatic carbocycles. The summed E-state index contributed by atoms with van der Waals surface area (Å²) in [5, 5.41) is 8.16. The number of hydrogen-bond donors (Lipinski definition) is 1. The maximum Gasteiger partial charge on any atom is 0.0243 e. The van der Waals surface area contributed by atoms with Crippen LogP contribution in [0.2, 0.25) is 0 Å². The van der Waals surface area contributed by atoms with E-state index < -0.39 is 0 Å². The summed E-state index contributed by atoms with van der Waals surface area (Å²) in [6.07, 6.45) is 2.47. The number of hydrogen-bond acceptors (Lipinski definition) is 3. The minimum Gasteiger partial charge on any atom is -0.312 e. The first-order valence-corrected chi connectivity index (χ1v) is 7.97. The third kappa shape index (κ3) is 4.08. The van der Waals surface area contributed by atoms with Crippen molar-refractivity contribution in [2.45, 2.75) is 39.7 Å². The molecule has 2 rings (SSSR count). The van der Waals surface area contributed by atoms with Crippen molar-refractivity contribution < 1.29 is 0 Å². The normalized spacial score (nSPS) is 22.9. The molecule has 1 aromatic rings. The Labute approximate surface area is 115 Å². The van der Waals surface area contributed by atoms with Crippen LogP contribution in [0.4, 0.5) is 0 Å². The SMILES string of the molecule is CC(C)(C)C1CN(CCc2ccsc2)CCCN1. The molecular weight excluding hydrogens is 240 g/mol. The molecule has 2 nitrogen and oxygen atoms in total. The van der Waals surface area contributed by atoms with Crippen LogP contribution in [0.25, 0.3) is 0 Å². The van der Waals surface area contributed by atoms with Crippen LogP contribution in [0.15, 0.2) is 16.8 Å². The summed E-state index contributed by atoms with van der Waals surface area (Å²) in [5.74, 6) is 0. The largest absolute Gasteiger partial charge is 0.312 e. The van der Waals surface area contributed by atoms with Crippen LogP contribution in [0, 0.1) is 5.41 Å². The van der Waals surface area contributed by atoms with Crippen molar-refractivity contribution >= 4 is 11.3 Å². The quantitative estimate of drug-likeness (QED) is 0.905. The zero-order valence-corrected chi connectivity index (χ0v) is 12.7. The number of rotatable bonds is 3. The Morgan fingerprint density at radius 1 is 1.44 bits per heavy atom. The summed E-state index contributed by atoms with van der Waals surface area (Å²) < 4.78 is 0. The van der Waals surface area contributed by atoms with Gasteiger partial charge in [0, 0.05) is 19.1 Å². The number of thiophene rings is 1. The van der Waals surface area contributed by atoms with Crippen LogP contribution in [-0.4, -0.2) is 37.1 Å². The third-order valence-corrected chi connectivity index (χ3v) is 4.56. The molecule has 0 spiro atoms. The van der Waals surface area contributed by atoms with Gasteiger partial charge < -0.3 is 10.2 Å². The van der Waals surface area contributed by atoms with E-state index in [0.717, 1.165) is 6.54 Å². The van der Waals surface area contributed by atoms with E-state index in [1.807, 2.05) is 0 Å². The van der Waals surface area contributed by atoms with Gasteiger partial charge in [-0.15, -0.1) is 0 Å². The Bertz CT molecular complexity index is 340. The molecule has 102 valence electrons. The lowest BCUT2D eigenvalue weighted by Crippen LogP contribution is -2.46. The van der Waals surface area contributed by atoms with Crippen molar-refractivity contribution in [1.29, 1.82) is 0 Å². The predicted octanol–water partition coefficient (Wildman–Crippen LogP) is 3.00. The fourth-order valence-electron chi connectivity index (χ4n) is 2.50. The third-order valence-electron chi connectivity index (χ3n) is 3.82. The lowest BCUT2D eigenvalue weighted by molar-refractivity contribution is 0.198. The van der Waals surface area contributed by atoms with Gasteiger partial charge in [-0.2, -0.15) is 11.3 Å². The van der Waals surface area contributed by atoms with Gasteiger partial charge in [0.25, 0.3) is 0 Å². The van der Waals surface area contributed by atoms with Crippen LogP contribution in [0.3, 0.4) is 0 Å². The van der Waals surface area contributed by atoms with E-state index in [2.05, 4.69) is 47.8 Å². The molecule has 1 aliphatic heterocycles. The standard InChI is InChI=1S/C15H26N2S/c1-15(2,3)14-11-17(8-4-7-16-14)9-5-13-6-10-18-12-13/h6,10,12,14,16H,4-5,7-9,11H2,1-3H3. The highest BCUT2D eigenvalue weighted by molar-refractivity contribution is 7.07. The number of nitrogens with zero attached hydrogens (tertiary/aromatic N) is 1. The molecular formula is C15H26N2S. The second-order valence-electron chi connectivity index (χ2n) is 6.41. The van der Waals surface area contributed by atoms with Gasteiger partial charge in [-0.3, -0.25) is 0 Å². The first kappa shape index (κ1) is 14.0. The molecule has 0 amide bonds. The van der Waals surface area contributed by atoms with E-state index in [4.69, 9.17) is 0 Å². The van der Waals surface area contributed by atoms with E-state index in [1.54, 1.807) is 11.3 Å². The van der Waals surface area contributed by atoms with Gasteiger partial charge >= 0.3 is 0 Å². The van der Waals surface area contributed by atoms with E-state index in [0.29, 0.717) is 11.5 Å². The van der Waals surface area contributed by atoms with Gasteiger partial charge in [0.05, 0.1) is 0 Å². The lowest BCUT2D eigenvalue weighted by Gasteiger charge is -2.33. The topological polar surface area (TPSA) is 15.3 Å². The molecule has 1 aliphatic rings. The van der Waals surface area contributed by atoms with Crippen molar-refractivity contribution in [3.8, 4) is 0 Å². The molecule has 1 fully saturated rings. The minimum absolute atomic E-state index is 0.352. The second kappa shape index (κ2) is 6.18. The van der Waals surface area contributed by atoms with E-state index >= 15 is 0 Å². The van der Waals surface area contributed by atoms with Crippen molar-refractivity contribution in [3.05, 3.63) is 22.4 Å². The van der Waals surface area contributed by atoms with Crippen molar-refractivity contribution in [2.24, 2.45) is 5.41 Å². The monoisotopic (exact) mass is 266 g/mol. The van der Waals surface area contributed by atoms with Gasteiger partial charge in [0.1, 0.15) is 0 Å². The van der Waals surface area contributed by atoms with Crippen LogP contribution in [-0.2, 0) is 6.42 Å². The summed E-state index contributed by atoms with van der Waals surface area (Å²) in [4.78, 5) is 2.63. The Hall–Kier alpha value is -0.380. The minimum atomic E-state index is 0.352. The molecule has 2 heterocycles. The molecule has 1 saturated heterocycles. The molecule has 0 aromatic carbocycles. The first-order chi connectivity index (χ1) is 8.55. The summed E-state index contributed by atoms with van der Waals surface area (Å²) in [6.45, 7) is 11.8. The smallest absolute Gasteiger partial charge is 0.0243 e. The molecule has 1 atom stereocenters. The van der Waals surface area contributed by atoms with Gasteiger partial charge in [0.15, 0.2) is 0 Å². The molecule has 1 aromatic heterocycles. The summed E-state index contributed by atoms with van der Waals surface area (Å²) in [6, 6.07) is 2.87. The van der Waals surface area contributed by atoms with E-state index in [9.17, 15) is 0 Å². The van der Waals surface area contributed by atoms with Gasteiger partial charge in [0.2, 0.25) is 0 Å². The average molecular weight is 266 g/mol. The van der Waals surface area contributed by atoms with Gasteiger partial charge in [-0.1, -0.05) is 20.8 Å². The zero-order chi connectivity index (χ0) is 13.0. The van der Waals surface area contributed by atoms with Gasteiger partial charge in [-0.05, 0) is 53.7 Å². The van der Waals surface area contributed by atoms with Crippen LogP contribution < -0.4 is 5.32 Å². The van der Waals surface area contributed by atoms with E-state index in [-0.39, 0.29) is 0 Å². The fraction of sp³-hybridized carbons (Fsp3) is 0.733. The fourth-order valence-corrected chi connectivity index (χ4v) is 3.20. The summed E-state index contributed by atoms with van der Waals surface area (Å²) >= 11 is 1.80. The van der Waals surface area contributed by atoms with Crippen LogP contribution in [0.5, 0.6) is 0 Å². The van der Waals surface area contributed by atoms with Crippen LogP contribution in [0.1, 0.15) is 32.8 Å². The molecule has 1 unspecified atom stereocenters.